The van der Waals surface area contributed by atoms with E-state index in [1.54, 1.807) is 18.2 Å². The lowest BCUT2D eigenvalue weighted by Crippen LogP contribution is -2.62. The standard InChI is InChI=1S/C33H39FN8O4/c1-19(2)10-24-30(31(36)44)29(23(12-35)32(40-24)39-22-6-8-41(9-7-22)33(3)17-45-18-33)20-4-5-25-26(11-20)46-16-28(43)42(25)15-27-37-13-21(34)14-38-27/h4-5,11-14,19,22,35H,6-10,15-18H2,1-3H3,(H2,36,44)(H,39,40). The molecule has 0 radical (unpaired) electrons. The van der Waals surface area contributed by atoms with Crippen LogP contribution >= 0.6 is 0 Å². The Hall–Kier alpha value is -4.49. The van der Waals surface area contributed by atoms with Gasteiger partial charge in [0.2, 0.25) is 0 Å². The number of rotatable bonds is 10. The predicted octanol–water partition coefficient (Wildman–Crippen LogP) is 3.56. The molecule has 2 saturated heterocycles. The fourth-order valence-corrected chi connectivity index (χ4v) is 6.43. The van der Waals surface area contributed by atoms with Crippen molar-refractivity contribution in [3.8, 4) is 16.9 Å². The molecule has 3 aromatic rings. The maximum Gasteiger partial charge on any atom is 0.265 e. The van der Waals surface area contributed by atoms with Crippen molar-refractivity contribution in [2.75, 3.05) is 43.1 Å². The van der Waals surface area contributed by atoms with Gasteiger partial charge in [-0.3, -0.25) is 19.4 Å². The quantitative estimate of drug-likeness (QED) is 0.285. The number of aromatic nitrogens is 3. The van der Waals surface area contributed by atoms with E-state index >= 15 is 0 Å². The molecular weight excluding hydrogens is 591 g/mol. The first-order valence-electron chi connectivity index (χ1n) is 15.6. The van der Waals surface area contributed by atoms with Crippen molar-refractivity contribution in [1.82, 2.24) is 19.9 Å². The number of nitrogens with two attached hydrogens (primary N) is 1. The number of hydrogen-bond acceptors (Lipinski definition) is 10. The Morgan fingerprint density at radius 1 is 1.24 bits per heavy atom. The number of halogens is 1. The zero-order valence-electron chi connectivity index (χ0n) is 26.3. The van der Waals surface area contributed by atoms with Gasteiger partial charge in [0.05, 0.1) is 54.6 Å². The molecule has 242 valence electrons. The molecule has 5 heterocycles. The second-order valence-electron chi connectivity index (χ2n) is 12.8. The molecule has 0 bridgehead atoms. The lowest BCUT2D eigenvalue weighted by atomic mass is 9.90. The highest BCUT2D eigenvalue weighted by Crippen LogP contribution is 2.41. The van der Waals surface area contributed by atoms with Gasteiger partial charge in [-0.05, 0) is 49.8 Å². The van der Waals surface area contributed by atoms with Gasteiger partial charge in [0.25, 0.3) is 11.8 Å². The van der Waals surface area contributed by atoms with Gasteiger partial charge >= 0.3 is 0 Å². The Morgan fingerprint density at radius 3 is 2.57 bits per heavy atom. The highest BCUT2D eigenvalue weighted by Gasteiger charge is 2.41. The second-order valence-corrected chi connectivity index (χ2v) is 12.8. The van der Waals surface area contributed by atoms with Crippen LogP contribution in [-0.2, 0) is 22.5 Å². The first-order valence-corrected chi connectivity index (χ1v) is 15.6. The lowest BCUT2D eigenvalue weighted by molar-refractivity contribution is -0.135. The van der Waals surface area contributed by atoms with Crippen molar-refractivity contribution in [3.63, 3.8) is 0 Å². The summed E-state index contributed by atoms with van der Waals surface area (Å²) in [6, 6.07) is 5.38. The SMILES string of the molecule is CC(C)Cc1nc(NC2CCN(C3(C)COC3)CC2)c(C=N)c(-c2ccc3c(c2)OCC(=O)N3Cc2ncc(F)cn2)c1C(N)=O. The third-order valence-corrected chi connectivity index (χ3v) is 8.89. The molecule has 12 nitrogen and oxygen atoms in total. The molecule has 6 rings (SSSR count). The van der Waals surface area contributed by atoms with E-state index in [2.05, 4.69) is 27.1 Å². The van der Waals surface area contributed by atoms with E-state index in [0.29, 0.717) is 46.1 Å². The Bertz CT molecular complexity index is 1650. The van der Waals surface area contributed by atoms with E-state index in [1.807, 2.05) is 13.8 Å². The minimum absolute atomic E-state index is 0.0277. The van der Waals surface area contributed by atoms with Gasteiger partial charge in [-0.1, -0.05) is 19.9 Å². The van der Waals surface area contributed by atoms with Gasteiger partial charge in [-0.2, -0.15) is 0 Å². The zero-order valence-corrected chi connectivity index (χ0v) is 26.3. The monoisotopic (exact) mass is 630 g/mol. The topological polar surface area (TPSA) is 160 Å². The average molecular weight is 631 g/mol. The molecule has 2 amide bonds. The average Bonchev–Trinajstić information content (AvgIpc) is 3.01. The van der Waals surface area contributed by atoms with Crippen LogP contribution in [0.3, 0.4) is 0 Å². The number of pyridine rings is 1. The number of carbonyl (C=O) groups excluding carboxylic acids is 2. The lowest BCUT2D eigenvalue weighted by Gasteiger charge is -2.49. The van der Waals surface area contributed by atoms with Crippen molar-refractivity contribution in [2.24, 2.45) is 11.7 Å². The maximum atomic E-state index is 13.4. The minimum atomic E-state index is -0.638. The molecule has 2 aromatic heterocycles. The number of ether oxygens (including phenoxy) is 2. The normalized spacial score (nSPS) is 18.1. The third-order valence-electron chi connectivity index (χ3n) is 8.89. The van der Waals surface area contributed by atoms with Crippen LogP contribution in [0.1, 0.15) is 61.1 Å². The summed E-state index contributed by atoms with van der Waals surface area (Å²) < 4.78 is 24.7. The summed E-state index contributed by atoms with van der Waals surface area (Å²) in [4.78, 5) is 42.8. The number of benzene rings is 1. The number of hydrogen-bond donors (Lipinski definition) is 3. The number of fused-ring (bicyclic) bond motifs is 1. The van der Waals surface area contributed by atoms with Crippen LogP contribution in [-0.4, -0.2) is 82.4 Å². The highest BCUT2D eigenvalue weighted by atomic mass is 19.1. The molecule has 3 aliphatic rings. The largest absolute Gasteiger partial charge is 0.482 e. The number of likely N-dealkylation sites (tertiary alicyclic amines) is 1. The number of piperidine rings is 1. The minimum Gasteiger partial charge on any atom is -0.482 e. The molecule has 0 saturated carbocycles. The van der Waals surface area contributed by atoms with Crippen molar-refractivity contribution in [2.45, 2.75) is 58.2 Å². The van der Waals surface area contributed by atoms with E-state index in [9.17, 15) is 14.0 Å². The molecule has 46 heavy (non-hydrogen) atoms. The van der Waals surface area contributed by atoms with Crippen molar-refractivity contribution in [3.05, 3.63) is 59.1 Å². The number of anilines is 2. The first-order chi connectivity index (χ1) is 22.1. The van der Waals surface area contributed by atoms with Crippen LogP contribution in [0.25, 0.3) is 11.1 Å². The van der Waals surface area contributed by atoms with Crippen LogP contribution in [0.5, 0.6) is 5.75 Å². The number of primary amides is 1. The smallest absolute Gasteiger partial charge is 0.265 e. The Balaban J connectivity index is 1.37. The van der Waals surface area contributed by atoms with Crippen LogP contribution in [0, 0.1) is 17.1 Å². The molecular formula is C33H39FN8O4. The van der Waals surface area contributed by atoms with Gasteiger partial charge < -0.3 is 25.9 Å². The molecule has 0 unspecified atom stereocenters. The maximum absolute atomic E-state index is 13.4. The molecule has 13 heteroatoms. The van der Waals surface area contributed by atoms with Gasteiger partial charge in [-0.15, -0.1) is 0 Å². The summed E-state index contributed by atoms with van der Waals surface area (Å²) in [6.07, 6.45) is 5.62. The number of nitrogens with one attached hydrogen (secondary N) is 2. The summed E-state index contributed by atoms with van der Waals surface area (Å²) in [6.45, 7) is 9.48. The molecule has 0 atom stereocenters. The van der Waals surface area contributed by atoms with E-state index < -0.39 is 11.7 Å². The van der Waals surface area contributed by atoms with Crippen molar-refractivity contribution in [1.29, 1.82) is 5.41 Å². The molecule has 1 aromatic carbocycles. The molecule has 0 aliphatic carbocycles. The number of amides is 2. The highest BCUT2D eigenvalue weighted by molar-refractivity contribution is 6.08. The number of carbonyl (C=O) groups is 2. The van der Waals surface area contributed by atoms with Crippen LogP contribution in [0.15, 0.2) is 30.6 Å². The Kier molecular flexibility index (Phi) is 8.71. The van der Waals surface area contributed by atoms with Crippen LogP contribution < -0.4 is 20.7 Å². The van der Waals surface area contributed by atoms with Crippen LogP contribution in [0.2, 0.25) is 0 Å². The summed E-state index contributed by atoms with van der Waals surface area (Å²) >= 11 is 0. The third kappa shape index (κ3) is 6.16. The Labute approximate surface area is 267 Å². The van der Waals surface area contributed by atoms with Crippen molar-refractivity contribution >= 4 is 29.5 Å². The van der Waals surface area contributed by atoms with Gasteiger partial charge in [-0.25, -0.2) is 19.3 Å². The van der Waals surface area contributed by atoms with Crippen LogP contribution in [0.4, 0.5) is 15.9 Å². The van der Waals surface area contributed by atoms with Crippen molar-refractivity contribution < 1.29 is 23.5 Å². The number of nitrogens with zero attached hydrogens (tertiary/aromatic N) is 5. The first kappa shape index (κ1) is 31.5. The molecule has 4 N–H and O–H groups in total. The van der Waals surface area contributed by atoms with E-state index in [-0.39, 0.29) is 47.9 Å². The van der Waals surface area contributed by atoms with E-state index in [0.717, 1.165) is 51.5 Å². The van der Waals surface area contributed by atoms with Gasteiger partial charge in [0.15, 0.2) is 12.4 Å². The summed E-state index contributed by atoms with van der Waals surface area (Å²) in [5, 5.41) is 12.1. The summed E-state index contributed by atoms with van der Waals surface area (Å²) in [5.41, 5.74) is 8.95. The van der Waals surface area contributed by atoms with Gasteiger partial charge in [0, 0.05) is 36.5 Å². The van der Waals surface area contributed by atoms with E-state index in [4.69, 9.17) is 25.6 Å². The van der Waals surface area contributed by atoms with Gasteiger partial charge in [0.1, 0.15) is 17.4 Å². The second kappa shape index (κ2) is 12.7. The van der Waals surface area contributed by atoms with E-state index in [1.165, 1.54) is 11.1 Å². The summed E-state index contributed by atoms with van der Waals surface area (Å²) in [5.74, 6) is -0.106. The zero-order chi connectivity index (χ0) is 32.6. The molecule has 3 aliphatic heterocycles. The molecule has 0 spiro atoms. The predicted molar refractivity (Wildman–Crippen MR) is 171 cm³/mol. The Morgan fingerprint density at radius 2 is 1.96 bits per heavy atom. The fraction of sp³-hybridized carbons (Fsp3) is 0.455. The molecule has 2 fully saturated rings. The summed E-state index contributed by atoms with van der Waals surface area (Å²) in [7, 11) is 0. The fourth-order valence-electron chi connectivity index (χ4n) is 6.43.